The summed E-state index contributed by atoms with van der Waals surface area (Å²) in [6.07, 6.45) is 4.90. The van der Waals surface area contributed by atoms with Gasteiger partial charge in [-0.2, -0.15) is 5.10 Å². The summed E-state index contributed by atoms with van der Waals surface area (Å²) in [4.78, 5) is 13.0. The molecule has 14 heavy (non-hydrogen) atoms. The highest BCUT2D eigenvalue weighted by Crippen LogP contribution is 2.21. The maximum atomic E-state index is 11.2. The molecule has 1 unspecified atom stereocenters. The molecule has 2 N–H and O–H groups in total. The summed E-state index contributed by atoms with van der Waals surface area (Å²) in [5.41, 5.74) is 6.25. The predicted octanol–water partition coefficient (Wildman–Crippen LogP) is 0.259. The van der Waals surface area contributed by atoms with Gasteiger partial charge in [0.1, 0.15) is 0 Å². The average Bonchev–Trinajstić information content (AvgIpc) is 2.57. The quantitative estimate of drug-likeness (QED) is 0.697. The number of hydrogen-bond acceptors (Lipinski definition) is 3. The van der Waals surface area contributed by atoms with Crippen LogP contribution in [-0.4, -0.2) is 34.2 Å². The Morgan fingerprint density at radius 1 is 1.64 bits per heavy atom. The fraction of sp³-hybridized carbons (Fsp3) is 0.556. The molecule has 0 bridgehead atoms. The first-order chi connectivity index (χ1) is 6.66. The molecule has 1 atom stereocenters. The van der Waals surface area contributed by atoms with Crippen molar-refractivity contribution in [2.24, 2.45) is 0 Å². The molecule has 1 amide bonds. The first-order valence-electron chi connectivity index (χ1n) is 4.70. The lowest BCUT2D eigenvalue weighted by molar-refractivity contribution is -0.133. The van der Waals surface area contributed by atoms with Crippen molar-refractivity contribution >= 4 is 11.6 Å². The number of hydrogen-bond donors (Lipinski definition) is 1. The molecular formula is C9H14N4O. The van der Waals surface area contributed by atoms with Gasteiger partial charge in [-0.25, -0.2) is 0 Å². The standard InChI is InChI=1S/C9H14N4O/c1-12-6-8(2-3-9(12)14)13-5-7(10)4-11-13/h4-5,8H,2-3,6,10H2,1H3. The Morgan fingerprint density at radius 2 is 2.43 bits per heavy atom. The summed E-state index contributed by atoms with van der Waals surface area (Å²) in [5.74, 6) is 0.210. The van der Waals surface area contributed by atoms with Crippen LogP contribution in [0.4, 0.5) is 5.69 Å². The second-order valence-corrected chi connectivity index (χ2v) is 3.72. The van der Waals surface area contributed by atoms with E-state index in [9.17, 15) is 4.79 Å². The van der Waals surface area contributed by atoms with Gasteiger partial charge in [0.15, 0.2) is 0 Å². The first kappa shape index (κ1) is 9.05. The van der Waals surface area contributed by atoms with Crippen molar-refractivity contribution in [3.63, 3.8) is 0 Å². The van der Waals surface area contributed by atoms with E-state index in [0.717, 1.165) is 13.0 Å². The van der Waals surface area contributed by atoms with Gasteiger partial charge in [0.25, 0.3) is 0 Å². The van der Waals surface area contributed by atoms with E-state index >= 15 is 0 Å². The van der Waals surface area contributed by atoms with Crippen LogP contribution in [0.15, 0.2) is 12.4 Å². The van der Waals surface area contributed by atoms with Crippen LogP contribution >= 0.6 is 0 Å². The van der Waals surface area contributed by atoms with Crippen LogP contribution in [-0.2, 0) is 4.79 Å². The highest BCUT2D eigenvalue weighted by molar-refractivity contribution is 5.76. The zero-order valence-electron chi connectivity index (χ0n) is 8.18. The second-order valence-electron chi connectivity index (χ2n) is 3.72. The van der Waals surface area contributed by atoms with Gasteiger partial charge in [0, 0.05) is 26.2 Å². The van der Waals surface area contributed by atoms with Crippen LogP contribution < -0.4 is 5.73 Å². The van der Waals surface area contributed by atoms with Gasteiger partial charge in [-0.1, -0.05) is 0 Å². The molecule has 5 nitrogen and oxygen atoms in total. The summed E-state index contributed by atoms with van der Waals surface area (Å²) < 4.78 is 1.85. The number of likely N-dealkylation sites (N-methyl/N-ethyl adjacent to an activating group) is 1. The first-order valence-corrected chi connectivity index (χ1v) is 4.70. The number of carbonyl (C=O) groups excluding carboxylic acids is 1. The maximum Gasteiger partial charge on any atom is 0.222 e. The molecule has 1 aliphatic heterocycles. The van der Waals surface area contributed by atoms with Gasteiger partial charge < -0.3 is 10.6 Å². The van der Waals surface area contributed by atoms with Crippen molar-refractivity contribution in [1.82, 2.24) is 14.7 Å². The minimum atomic E-state index is 0.210. The topological polar surface area (TPSA) is 64.2 Å². The summed E-state index contributed by atoms with van der Waals surface area (Å²) in [7, 11) is 1.82. The van der Waals surface area contributed by atoms with Crippen LogP contribution in [0.3, 0.4) is 0 Å². The lowest BCUT2D eigenvalue weighted by Gasteiger charge is -2.29. The highest BCUT2D eigenvalue weighted by atomic mass is 16.2. The molecule has 0 radical (unpaired) electrons. The van der Waals surface area contributed by atoms with Crippen LogP contribution in [0.5, 0.6) is 0 Å². The smallest absolute Gasteiger partial charge is 0.222 e. The molecule has 2 heterocycles. The van der Waals surface area contributed by atoms with Gasteiger partial charge in [-0.15, -0.1) is 0 Å². The molecule has 1 saturated heterocycles. The summed E-state index contributed by atoms with van der Waals surface area (Å²) in [6, 6.07) is 0.273. The molecule has 5 heteroatoms. The lowest BCUT2D eigenvalue weighted by Crippen LogP contribution is -2.38. The van der Waals surface area contributed by atoms with Gasteiger partial charge in [-0.05, 0) is 6.42 Å². The number of amides is 1. The van der Waals surface area contributed by atoms with Gasteiger partial charge in [0.05, 0.1) is 17.9 Å². The number of carbonyl (C=O) groups is 1. The molecule has 76 valence electrons. The Labute approximate surface area is 82.5 Å². The molecule has 0 aromatic carbocycles. The Bertz CT molecular complexity index is 346. The van der Waals surface area contributed by atoms with Crippen molar-refractivity contribution in [2.75, 3.05) is 19.3 Å². The lowest BCUT2D eigenvalue weighted by atomic mass is 10.1. The number of piperidine rings is 1. The number of nitrogens with two attached hydrogens (primary N) is 1. The third-order valence-corrected chi connectivity index (χ3v) is 2.60. The molecule has 0 saturated carbocycles. The fourth-order valence-corrected chi connectivity index (χ4v) is 1.76. The summed E-state index contributed by atoms with van der Waals surface area (Å²) in [5, 5.41) is 4.15. The largest absolute Gasteiger partial charge is 0.396 e. The van der Waals surface area contributed by atoms with Crippen LogP contribution in [0, 0.1) is 0 Å². The number of likely N-dealkylation sites (tertiary alicyclic amines) is 1. The minimum Gasteiger partial charge on any atom is -0.396 e. The van der Waals surface area contributed by atoms with E-state index in [0.29, 0.717) is 12.1 Å². The number of rotatable bonds is 1. The third-order valence-electron chi connectivity index (χ3n) is 2.60. The molecule has 1 aliphatic rings. The third kappa shape index (κ3) is 1.57. The van der Waals surface area contributed by atoms with E-state index in [-0.39, 0.29) is 11.9 Å². The zero-order chi connectivity index (χ0) is 10.1. The molecular weight excluding hydrogens is 180 g/mol. The van der Waals surface area contributed by atoms with E-state index < -0.39 is 0 Å². The molecule has 1 aromatic heterocycles. The normalized spacial score (nSPS) is 22.8. The van der Waals surface area contributed by atoms with Gasteiger partial charge in [-0.3, -0.25) is 9.48 Å². The van der Waals surface area contributed by atoms with Crippen LogP contribution in [0.25, 0.3) is 0 Å². The van der Waals surface area contributed by atoms with Crippen molar-refractivity contribution in [3.8, 4) is 0 Å². The Balaban J connectivity index is 2.10. The zero-order valence-corrected chi connectivity index (χ0v) is 8.18. The van der Waals surface area contributed by atoms with E-state index in [2.05, 4.69) is 5.10 Å². The van der Waals surface area contributed by atoms with Gasteiger partial charge in [0.2, 0.25) is 5.91 Å². The second kappa shape index (κ2) is 3.32. The Hall–Kier alpha value is -1.52. The Morgan fingerprint density at radius 3 is 3.00 bits per heavy atom. The van der Waals surface area contributed by atoms with E-state index in [1.165, 1.54) is 0 Å². The van der Waals surface area contributed by atoms with E-state index in [1.54, 1.807) is 11.1 Å². The Kier molecular flexibility index (Phi) is 2.15. The average molecular weight is 194 g/mol. The van der Waals surface area contributed by atoms with Gasteiger partial charge >= 0.3 is 0 Å². The van der Waals surface area contributed by atoms with Crippen molar-refractivity contribution < 1.29 is 4.79 Å². The fourth-order valence-electron chi connectivity index (χ4n) is 1.76. The molecule has 0 spiro atoms. The van der Waals surface area contributed by atoms with Crippen LogP contribution in [0.2, 0.25) is 0 Å². The SMILES string of the molecule is CN1CC(n2cc(N)cn2)CCC1=O. The monoisotopic (exact) mass is 194 g/mol. The van der Waals surface area contributed by atoms with E-state index in [1.807, 2.05) is 17.9 Å². The molecule has 1 aromatic rings. The van der Waals surface area contributed by atoms with Crippen molar-refractivity contribution in [3.05, 3.63) is 12.4 Å². The van der Waals surface area contributed by atoms with E-state index in [4.69, 9.17) is 5.73 Å². The minimum absolute atomic E-state index is 0.210. The number of nitrogens with zero attached hydrogens (tertiary/aromatic N) is 3. The predicted molar refractivity (Wildman–Crippen MR) is 52.5 cm³/mol. The van der Waals surface area contributed by atoms with Crippen molar-refractivity contribution in [2.45, 2.75) is 18.9 Å². The van der Waals surface area contributed by atoms with Crippen molar-refractivity contribution in [1.29, 1.82) is 0 Å². The maximum absolute atomic E-state index is 11.2. The number of nitrogen functional groups attached to an aromatic ring is 1. The number of anilines is 1. The highest BCUT2D eigenvalue weighted by Gasteiger charge is 2.24. The molecule has 1 fully saturated rings. The van der Waals surface area contributed by atoms with Crippen LogP contribution in [0.1, 0.15) is 18.9 Å². The molecule has 2 rings (SSSR count). The number of aromatic nitrogens is 2. The molecule has 0 aliphatic carbocycles. The summed E-state index contributed by atoms with van der Waals surface area (Å²) >= 11 is 0. The summed E-state index contributed by atoms with van der Waals surface area (Å²) in [6.45, 7) is 0.722.